The number of nitrogens with zero attached hydrogens (tertiary/aromatic N) is 3. The second-order valence-corrected chi connectivity index (χ2v) is 6.72. The quantitative estimate of drug-likeness (QED) is 0.696. The van der Waals surface area contributed by atoms with E-state index in [1.54, 1.807) is 47.5 Å². The highest BCUT2D eigenvalue weighted by molar-refractivity contribution is 7.09. The lowest BCUT2D eigenvalue weighted by Gasteiger charge is -2.17. The first-order valence-electron chi connectivity index (χ1n) is 7.91. The normalized spacial score (nSPS) is 10.7. The molecule has 0 N–H and O–H groups in total. The van der Waals surface area contributed by atoms with Crippen LogP contribution in [0.3, 0.4) is 0 Å². The van der Waals surface area contributed by atoms with E-state index in [2.05, 4.69) is 9.97 Å². The predicted molar refractivity (Wildman–Crippen MR) is 97.1 cm³/mol. The maximum atomic E-state index is 13.3. The van der Waals surface area contributed by atoms with Crippen LogP contribution in [-0.4, -0.2) is 34.4 Å². The number of halogens is 1. The number of hydrogen-bond acceptors (Lipinski definition) is 4. The summed E-state index contributed by atoms with van der Waals surface area (Å²) in [6, 6.07) is 9.71. The Kier molecular flexibility index (Phi) is 5.19. The lowest BCUT2D eigenvalue weighted by atomic mass is 10.1. The molecule has 1 amide bonds. The summed E-state index contributed by atoms with van der Waals surface area (Å²) in [4.78, 5) is 23.9. The highest BCUT2D eigenvalue weighted by Crippen LogP contribution is 2.18. The van der Waals surface area contributed by atoms with Crippen molar-refractivity contribution < 1.29 is 9.18 Å². The summed E-state index contributed by atoms with van der Waals surface area (Å²) in [6.45, 7) is 2.59. The van der Waals surface area contributed by atoms with Crippen molar-refractivity contribution in [3.63, 3.8) is 0 Å². The Hall–Kier alpha value is -2.60. The van der Waals surface area contributed by atoms with Crippen molar-refractivity contribution in [2.45, 2.75) is 13.3 Å². The van der Waals surface area contributed by atoms with Crippen molar-refractivity contribution >= 4 is 17.2 Å². The molecule has 128 valence electrons. The van der Waals surface area contributed by atoms with Crippen LogP contribution >= 0.6 is 11.3 Å². The number of amides is 1. The van der Waals surface area contributed by atoms with Crippen LogP contribution in [0, 0.1) is 12.7 Å². The van der Waals surface area contributed by atoms with E-state index in [4.69, 9.17) is 0 Å². The van der Waals surface area contributed by atoms with E-state index in [9.17, 15) is 9.18 Å². The highest BCUT2D eigenvalue weighted by atomic mass is 32.1. The fourth-order valence-corrected chi connectivity index (χ4v) is 3.27. The van der Waals surface area contributed by atoms with Gasteiger partial charge in [0.1, 0.15) is 5.82 Å². The van der Waals surface area contributed by atoms with Crippen LogP contribution in [0.4, 0.5) is 4.39 Å². The van der Waals surface area contributed by atoms with E-state index < -0.39 is 0 Å². The van der Waals surface area contributed by atoms with Gasteiger partial charge in [0.15, 0.2) is 0 Å². The fourth-order valence-electron chi connectivity index (χ4n) is 2.50. The second kappa shape index (κ2) is 7.53. The molecule has 25 heavy (non-hydrogen) atoms. The van der Waals surface area contributed by atoms with Crippen LogP contribution in [0.1, 0.15) is 20.9 Å². The molecule has 4 nitrogen and oxygen atoms in total. The number of aryl methyl sites for hydroxylation is 1. The fraction of sp³-hybridized carbons (Fsp3) is 0.211. The number of carbonyl (C=O) groups excluding carboxylic acids is 1. The molecule has 0 saturated heterocycles. The van der Waals surface area contributed by atoms with Gasteiger partial charge in [-0.25, -0.2) is 9.37 Å². The maximum absolute atomic E-state index is 13.3. The van der Waals surface area contributed by atoms with Crippen LogP contribution in [0.15, 0.2) is 48.1 Å². The molecule has 0 radical (unpaired) electrons. The van der Waals surface area contributed by atoms with E-state index >= 15 is 0 Å². The van der Waals surface area contributed by atoms with Gasteiger partial charge in [0.2, 0.25) is 0 Å². The Balaban J connectivity index is 1.66. The van der Waals surface area contributed by atoms with Gasteiger partial charge in [-0.1, -0.05) is 12.1 Å². The van der Waals surface area contributed by atoms with Crippen LogP contribution < -0.4 is 0 Å². The van der Waals surface area contributed by atoms with Gasteiger partial charge in [-0.05, 0) is 31.2 Å². The van der Waals surface area contributed by atoms with Gasteiger partial charge in [0, 0.05) is 36.7 Å². The number of pyridine rings is 1. The summed E-state index contributed by atoms with van der Waals surface area (Å²) in [7, 11) is 1.78. The van der Waals surface area contributed by atoms with Crippen molar-refractivity contribution in [2.75, 3.05) is 13.6 Å². The van der Waals surface area contributed by atoms with Crippen molar-refractivity contribution in [1.29, 1.82) is 0 Å². The van der Waals surface area contributed by atoms with E-state index in [0.717, 1.165) is 12.1 Å². The number of hydrogen-bond donors (Lipinski definition) is 0. The summed E-state index contributed by atoms with van der Waals surface area (Å²) in [5.74, 6) is -0.391. The van der Waals surface area contributed by atoms with Gasteiger partial charge in [-0.15, -0.1) is 11.3 Å². The van der Waals surface area contributed by atoms with Gasteiger partial charge in [0.25, 0.3) is 5.91 Å². The van der Waals surface area contributed by atoms with Gasteiger partial charge >= 0.3 is 0 Å². The maximum Gasteiger partial charge on any atom is 0.255 e. The van der Waals surface area contributed by atoms with Crippen LogP contribution in [0.25, 0.3) is 11.3 Å². The summed E-state index contributed by atoms with van der Waals surface area (Å²) in [5.41, 5.74) is 4.68. The van der Waals surface area contributed by atoms with E-state index in [-0.39, 0.29) is 11.7 Å². The summed E-state index contributed by atoms with van der Waals surface area (Å²) in [6.07, 6.45) is 2.32. The molecule has 0 aliphatic heterocycles. The first kappa shape index (κ1) is 17.2. The molecule has 3 rings (SSSR count). The molecule has 0 atom stereocenters. The third-order valence-corrected chi connectivity index (χ3v) is 4.99. The van der Waals surface area contributed by atoms with E-state index in [0.29, 0.717) is 23.4 Å². The van der Waals surface area contributed by atoms with E-state index in [1.807, 2.05) is 12.4 Å². The molecule has 2 aromatic heterocycles. The van der Waals surface area contributed by atoms with Crippen molar-refractivity contribution in [3.05, 3.63) is 70.1 Å². The average Bonchev–Trinajstić information content (AvgIpc) is 3.04. The van der Waals surface area contributed by atoms with Crippen LogP contribution in [0.5, 0.6) is 0 Å². The molecule has 2 heterocycles. The zero-order valence-electron chi connectivity index (χ0n) is 14.1. The number of likely N-dealkylation sites (N-methyl/N-ethyl adjacent to an activating group) is 1. The standard InChI is InChI=1S/C19H18FN3OS/c1-13-18(25-12-22-13)8-9-23(2)19(24)15-6-7-17(21-11-15)14-4-3-5-16(20)10-14/h3-7,10-12H,8-9H2,1-2H3. The minimum absolute atomic E-state index is 0.0829. The molecule has 1 aromatic carbocycles. The molecule has 0 unspecified atom stereocenters. The number of carbonyl (C=O) groups is 1. The molecule has 6 heteroatoms. The minimum atomic E-state index is -0.308. The molecule has 0 aliphatic rings. The monoisotopic (exact) mass is 355 g/mol. The molecule has 0 bridgehead atoms. The largest absolute Gasteiger partial charge is 0.341 e. The number of aromatic nitrogens is 2. The lowest BCUT2D eigenvalue weighted by Crippen LogP contribution is -2.28. The third-order valence-electron chi connectivity index (χ3n) is 4.00. The number of thiazole rings is 1. The van der Waals surface area contributed by atoms with Crippen molar-refractivity contribution in [3.8, 4) is 11.3 Å². The second-order valence-electron chi connectivity index (χ2n) is 5.78. The minimum Gasteiger partial charge on any atom is -0.341 e. The molecule has 0 aliphatic carbocycles. The van der Waals surface area contributed by atoms with Crippen molar-refractivity contribution in [1.82, 2.24) is 14.9 Å². The third kappa shape index (κ3) is 4.09. The zero-order chi connectivity index (χ0) is 17.8. The summed E-state index contributed by atoms with van der Waals surface area (Å²) in [5, 5.41) is 0. The molecule has 3 aromatic rings. The SMILES string of the molecule is Cc1ncsc1CCN(C)C(=O)c1ccc(-c2cccc(F)c2)nc1. The Labute approximate surface area is 150 Å². The van der Waals surface area contributed by atoms with Gasteiger partial charge in [-0.3, -0.25) is 9.78 Å². The molecular weight excluding hydrogens is 337 g/mol. The van der Waals surface area contributed by atoms with E-state index in [1.165, 1.54) is 23.2 Å². The summed E-state index contributed by atoms with van der Waals surface area (Å²) >= 11 is 1.61. The highest BCUT2D eigenvalue weighted by Gasteiger charge is 2.13. The molecular formula is C19H18FN3OS. The molecule has 0 spiro atoms. The van der Waals surface area contributed by atoms with Gasteiger partial charge < -0.3 is 4.90 Å². The van der Waals surface area contributed by atoms with Gasteiger partial charge in [-0.2, -0.15) is 0 Å². The Morgan fingerprint density at radius 2 is 2.08 bits per heavy atom. The Morgan fingerprint density at radius 3 is 2.72 bits per heavy atom. The molecule has 0 fully saturated rings. The molecule has 0 saturated carbocycles. The smallest absolute Gasteiger partial charge is 0.255 e. The topological polar surface area (TPSA) is 46.1 Å². The Morgan fingerprint density at radius 1 is 1.24 bits per heavy atom. The van der Waals surface area contributed by atoms with Crippen molar-refractivity contribution in [2.24, 2.45) is 0 Å². The van der Waals surface area contributed by atoms with Crippen LogP contribution in [-0.2, 0) is 6.42 Å². The lowest BCUT2D eigenvalue weighted by molar-refractivity contribution is 0.0796. The first-order chi connectivity index (χ1) is 12.0. The Bertz CT molecular complexity index is 876. The number of rotatable bonds is 5. The van der Waals surface area contributed by atoms with Gasteiger partial charge in [0.05, 0.1) is 22.5 Å². The summed E-state index contributed by atoms with van der Waals surface area (Å²) < 4.78 is 13.3. The average molecular weight is 355 g/mol. The zero-order valence-corrected chi connectivity index (χ0v) is 14.9. The number of benzene rings is 1. The van der Waals surface area contributed by atoms with Crippen LogP contribution in [0.2, 0.25) is 0 Å². The first-order valence-corrected chi connectivity index (χ1v) is 8.79. The predicted octanol–water partition coefficient (Wildman–Crippen LogP) is 3.97.